The van der Waals surface area contributed by atoms with E-state index in [0.717, 1.165) is 16.5 Å². The van der Waals surface area contributed by atoms with Gasteiger partial charge < -0.3 is 9.88 Å². The number of nitrogens with one attached hydrogen (secondary N) is 1. The summed E-state index contributed by atoms with van der Waals surface area (Å²) in [6, 6.07) is 12.9. The lowest BCUT2D eigenvalue weighted by Gasteiger charge is -2.26. The molecule has 0 bridgehead atoms. The monoisotopic (exact) mass is 379 g/mol. The molecule has 1 N–H and O–H groups in total. The van der Waals surface area contributed by atoms with Crippen LogP contribution in [-0.4, -0.2) is 26.8 Å². The van der Waals surface area contributed by atoms with Crippen LogP contribution in [0.15, 0.2) is 53.3 Å². The van der Waals surface area contributed by atoms with Crippen molar-refractivity contribution in [2.24, 2.45) is 0 Å². The molecule has 0 atom stereocenters. The summed E-state index contributed by atoms with van der Waals surface area (Å²) in [6.07, 6.45) is 0. The zero-order valence-electron chi connectivity index (χ0n) is 15.9. The highest BCUT2D eigenvalue weighted by Gasteiger charge is 2.21. The number of hydrogen-bond donors (Lipinski definition) is 1. The Kier molecular flexibility index (Phi) is 5.26. The molecule has 0 aliphatic carbocycles. The second-order valence-corrected chi connectivity index (χ2v) is 7.05. The first-order chi connectivity index (χ1) is 13.3. The first-order valence-corrected chi connectivity index (χ1v) is 8.94. The maximum absolute atomic E-state index is 12.9. The summed E-state index contributed by atoms with van der Waals surface area (Å²) in [5, 5.41) is 11.7. The van der Waals surface area contributed by atoms with E-state index in [9.17, 15) is 19.7 Å². The molecule has 1 aromatic heterocycles. The summed E-state index contributed by atoms with van der Waals surface area (Å²) in [5.41, 5.74) is 2.34. The number of benzene rings is 2. The van der Waals surface area contributed by atoms with Crippen LogP contribution in [0.1, 0.15) is 35.3 Å². The lowest BCUT2D eigenvalue weighted by molar-refractivity contribution is -0.384. The smallest absolute Gasteiger partial charge is 0.269 e. The number of H-pyrrole nitrogens is 1. The van der Waals surface area contributed by atoms with Gasteiger partial charge in [0.05, 0.1) is 11.5 Å². The maximum Gasteiger partial charge on any atom is 0.269 e. The molecule has 0 radical (unpaired) electrons. The summed E-state index contributed by atoms with van der Waals surface area (Å²) in [5.74, 6) is -0.284. The van der Waals surface area contributed by atoms with Gasteiger partial charge in [-0.2, -0.15) is 0 Å². The first-order valence-electron chi connectivity index (χ1n) is 8.94. The predicted molar refractivity (Wildman–Crippen MR) is 107 cm³/mol. The molecule has 7 heteroatoms. The Morgan fingerprint density at radius 2 is 1.82 bits per heavy atom. The Balaban J connectivity index is 1.93. The van der Waals surface area contributed by atoms with E-state index < -0.39 is 4.92 Å². The molecule has 3 rings (SSSR count). The molecule has 1 amide bonds. The average Bonchev–Trinajstić information content (AvgIpc) is 2.66. The Morgan fingerprint density at radius 3 is 2.43 bits per heavy atom. The SMILES string of the molecule is Cc1ccc2[nH]c(=O)c(CN(C(=O)c3ccc([N+](=O)[O-])cc3)C(C)C)cc2c1. The van der Waals surface area contributed by atoms with Crippen molar-refractivity contribution in [3.63, 3.8) is 0 Å². The number of carbonyl (C=O) groups excluding carboxylic acids is 1. The second kappa shape index (κ2) is 7.64. The normalized spacial score (nSPS) is 11.0. The summed E-state index contributed by atoms with van der Waals surface area (Å²) in [6.45, 7) is 5.85. The van der Waals surface area contributed by atoms with Crippen LogP contribution in [0.2, 0.25) is 0 Å². The number of nitro benzene ring substituents is 1. The minimum Gasteiger partial charge on any atom is -0.332 e. The van der Waals surface area contributed by atoms with Crippen LogP contribution in [0.25, 0.3) is 10.9 Å². The van der Waals surface area contributed by atoms with Crippen LogP contribution in [0.3, 0.4) is 0 Å². The van der Waals surface area contributed by atoms with Crippen molar-refractivity contribution in [1.29, 1.82) is 0 Å². The molecule has 1 heterocycles. The van der Waals surface area contributed by atoms with Gasteiger partial charge in [-0.1, -0.05) is 11.6 Å². The van der Waals surface area contributed by atoms with Gasteiger partial charge in [-0.15, -0.1) is 0 Å². The number of amides is 1. The van der Waals surface area contributed by atoms with Gasteiger partial charge in [0.1, 0.15) is 0 Å². The van der Waals surface area contributed by atoms with E-state index in [4.69, 9.17) is 0 Å². The van der Waals surface area contributed by atoms with Gasteiger partial charge in [0, 0.05) is 34.8 Å². The number of hydrogen-bond acceptors (Lipinski definition) is 4. The van der Waals surface area contributed by atoms with Crippen molar-refractivity contribution in [3.8, 4) is 0 Å². The molecule has 3 aromatic rings. The van der Waals surface area contributed by atoms with Gasteiger partial charge in [0.15, 0.2) is 0 Å². The van der Waals surface area contributed by atoms with E-state index in [0.29, 0.717) is 11.1 Å². The fourth-order valence-corrected chi connectivity index (χ4v) is 3.05. The number of fused-ring (bicyclic) bond motifs is 1. The van der Waals surface area contributed by atoms with E-state index in [2.05, 4.69) is 4.98 Å². The zero-order chi connectivity index (χ0) is 20.4. The molecular formula is C21H21N3O4. The maximum atomic E-state index is 12.9. The van der Waals surface area contributed by atoms with Gasteiger partial charge in [-0.05, 0) is 56.5 Å². The highest BCUT2D eigenvalue weighted by Crippen LogP contribution is 2.18. The summed E-state index contributed by atoms with van der Waals surface area (Å²) < 4.78 is 0. The molecule has 0 saturated heterocycles. The zero-order valence-corrected chi connectivity index (χ0v) is 15.9. The van der Waals surface area contributed by atoms with Crippen molar-refractivity contribution in [2.45, 2.75) is 33.4 Å². The van der Waals surface area contributed by atoms with Gasteiger partial charge in [0.2, 0.25) is 0 Å². The van der Waals surface area contributed by atoms with E-state index in [1.54, 1.807) is 11.0 Å². The number of nitro groups is 1. The third-order valence-corrected chi connectivity index (χ3v) is 4.63. The van der Waals surface area contributed by atoms with Crippen LogP contribution < -0.4 is 5.56 Å². The molecule has 0 unspecified atom stereocenters. The number of carbonyl (C=O) groups is 1. The molecule has 0 aliphatic heterocycles. The fourth-order valence-electron chi connectivity index (χ4n) is 3.05. The topological polar surface area (TPSA) is 96.3 Å². The van der Waals surface area contributed by atoms with E-state index >= 15 is 0 Å². The molecule has 0 fully saturated rings. The molecule has 144 valence electrons. The van der Waals surface area contributed by atoms with Gasteiger partial charge >= 0.3 is 0 Å². The number of aryl methyl sites for hydroxylation is 1. The van der Waals surface area contributed by atoms with Crippen molar-refractivity contribution in [3.05, 3.63) is 85.7 Å². The molecule has 28 heavy (non-hydrogen) atoms. The lowest BCUT2D eigenvalue weighted by atomic mass is 10.1. The van der Waals surface area contributed by atoms with Crippen LogP contribution >= 0.6 is 0 Å². The van der Waals surface area contributed by atoms with Gasteiger partial charge in [-0.25, -0.2) is 0 Å². The molecule has 0 aliphatic rings. The van der Waals surface area contributed by atoms with E-state index in [1.165, 1.54) is 24.3 Å². The number of aromatic nitrogens is 1. The van der Waals surface area contributed by atoms with E-state index in [1.807, 2.05) is 39.0 Å². The Morgan fingerprint density at radius 1 is 1.14 bits per heavy atom. The molecule has 7 nitrogen and oxygen atoms in total. The quantitative estimate of drug-likeness (QED) is 0.539. The summed E-state index contributed by atoms with van der Waals surface area (Å²) in [7, 11) is 0. The number of non-ortho nitro benzene ring substituents is 1. The predicted octanol–water partition coefficient (Wildman–Crippen LogP) is 3.80. The molecule has 2 aromatic carbocycles. The van der Waals surface area contributed by atoms with Crippen molar-refractivity contribution >= 4 is 22.5 Å². The Bertz CT molecular complexity index is 1100. The summed E-state index contributed by atoms with van der Waals surface area (Å²) in [4.78, 5) is 40.2. The number of pyridine rings is 1. The molecular weight excluding hydrogens is 358 g/mol. The minimum atomic E-state index is -0.509. The fraction of sp³-hybridized carbons (Fsp3) is 0.238. The van der Waals surface area contributed by atoms with Crippen LogP contribution in [0.5, 0.6) is 0 Å². The highest BCUT2D eigenvalue weighted by atomic mass is 16.6. The minimum absolute atomic E-state index is 0.0750. The number of nitrogens with zero attached hydrogens (tertiary/aromatic N) is 2. The molecule has 0 saturated carbocycles. The third-order valence-electron chi connectivity index (χ3n) is 4.63. The van der Waals surface area contributed by atoms with Gasteiger partial charge in [0.25, 0.3) is 17.2 Å². The molecule has 0 spiro atoms. The second-order valence-electron chi connectivity index (χ2n) is 7.05. The number of aromatic amines is 1. The first kappa shape index (κ1) is 19.3. The van der Waals surface area contributed by atoms with Crippen LogP contribution in [0, 0.1) is 17.0 Å². The third kappa shape index (κ3) is 3.93. The lowest BCUT2D eigenvalue weighted by Crippen LogP contribution is -2.38. The van der Waals surface area contributed by atoms with Crippen molar-refractivity contribution in [1.82, 2.24) is 9.88 Å². The number of rotatable bonds is 5. The largest absolute Gasteiger partial charge is 0.332 e. The highest BCUT2D eigenvalue weighted by molar-refractivity contribution is 5.94. The average molecular weight is 379 g/mol. The Labute approximate surface area is 161 Å². The Hall–Kier alpha value is -3.48. The van der Waals surface area contributed by atoms with Crippen LogP contribution in [0.4, 0.5) is 5.69 Å². The van der Waals surface area contributed by atoms with Crippen molar-refractivity contribution in [2.75, 3.05) is 0 Å². The van der Waals surface area contributed by atoms with Crippen LogP contribution in [-0.2, 0) is 6.54 Å². The van der Waals surface area contributed by atoms with Crippen molar-refractivity contribution < 1.29 is 9.72 Å². The van der Waals surface area contributed by atoms with Gasteiger partial charge in [-0.3, -0.25) is 19.7 Å². The summed E-state index contributed by atoms with van der Waals surface area (Å²) >= 11 is 0. The van der Waals surface area contributed by atoms with E-state index in [-0.39, 0.29) is 29.7 Å². The standard InChI is InChI=1S/C21H21N3O4/c1-13(2)23(21(26)15-5-7-18(8-6-15)24(27)28)12-17-11-16-10-14(3)4-9-19(16)22-20(17)25/h4-11,13H,12H2,1-3H3,(H,22,25).